The second-order valence-electron chi connectivity index (χ2n) is 6.69. The summed E-state index contributed by atoms with van der Waals surface area (Å²) >= 11 is 5.97. The molecule has 0 aromatic heterocycles. The van der Waals surface area contributed by atoms with Crippen LogP contribution >= 0.6 is 11.6 Å². The van der Waals surface area contributed by atoms with E-state index in [-0.39, 0.29) is 18.4 Å². The van der Waals surface area contributed by atoms with Gasteiger partial charge in [-0.05, 0) is 38.0 Å². The fraction of sp³-hybridized carbons (Fsp3) is 0.471. The largest absolute Gasteiger partial charge is 0.481 e. The van der Waals surface area contributed by atoms with Crippen LogP contribution < -0.4 is 4.90 Å². The fourth-order valence-corrected chi connectivity index (χ4v) is 3.54. The molecular formula is C17H19ClN2O4. The standard InChI is InChI=1S/C17H19ClN2O4/c1-17(16(23)24)6-8-19(10-17)14(21)13-5-7-20(15(13)22)12-4-2-3-11(18)9-12/h2-4,9,13H,5-8,10H2,1H3,(H,23,24). The number of carbonyl (C=O) groups is 3. The lowest BCUT2D eigenvalue weighted by Crippen LogP contribution is -2.41. The number of carboxylic acid groups (broad SMARTS) is 1. The van der Waals surface area contributed by atoms with E-state index in [4.69, 9.17) is 11.6 Å². The van der Waals surface area contributed by atoms with Gasteiger partial charge in [0.15, 0.2) is 0 Å². The van der Waals surface area contributed by atoms with Crippen LogP contribution in [0.1, 0.15) is 19.8 Å². The maximum atomic E-state index is 12.7. The summed E-state index contributed by atoms with van der Waals surface area (Å²) in [6.45, 7) is 2.63. The second kappa shape index (κ2) is 6.09. The van der Waals surface area contributed by atoms with Crippen LogP contribution in [-0.4, -0.2) is 47.4 Å². The maximum absolute atomic E-state index is 12.7. The molecule has 0 radical (unpaired) electrons. The maximum Gasteiger partial charge on any atom is 0.311 e. The van der Waals surface area contributed by atoms with Gasteiger partial charge in [0.05, 0.1) is 5.41 Å². The molecule has 2 aliphatic heterocycles. The van der Waals surface area contributed by atoms with Crippen LogP contribution in [0, 0.1) is 11.3 Å². The first-order valence-corrected chi connectivity index (χ1v) is 8.29. The van der Waals surface area contributed by atoms with E-state index in [0.717, 1.165) is 0 Å². The monoisotopic (exact) mass is 350 g/mol. The van der Waals surface area contributed by atoms with E-state index in [1.54, 1.807) is 36.1 Å². The molecule has 24 heavy (non-hydrogen) atoms. The minimum absolute atomic E-state index is 0.155. The molecule has 1 aromatic carbocycles. The summed E-state index contributed by atoms with van der Waals surface area (Å²) < 4.78 is 0. The number of amides is 2. The summed E-state index contributed by atoms with van der Waals surface area (Å²) in [6, 6.07) is 6.97. The van der Waals surface area contributed by atoms with Crippen LogP contribution in [-0.2, 0) is 14.4 Å². The van der Waals surface area contributed by atoms with Gasteiger partial charge in [0, 0.05) is 30.3 Å². The Morgan fingerprint density at radius 3 is 2.71 bits per heavy atom. The minimum Gasteiger partial charge on any atom is -0.481 e. The molecule has 128 valence electrons. The van der Waals surface area contributed by atoms with Crippen LogP contribution in [0.4, 0.5) is 5.69 Å². The molecule has 2 saturated heterocycles. The minimum atomic E-state index is -0.927. The Kier molecular flexibility index (Phi) is 4.25. The van der Waals surface area contributed by atoms with E-state index in [2.05, 4.69) is 0 Å². The number of rotatable bonds is 3. The van der Waals surface area contributed by atoms with Crippen molar-refractivity contribution in [1.82, 2.24) is 4.90 Å². The van der Waals surface area contributed by atoms with Crippen LogP contribution in [0.5, 0.6) is 0 Å². The Hall–Kier alpha value is -2.08. The van der Waals surface area contributed by atoms with Gasteiger partial charge in [-0.3, -0.25) is 14.4 Å². The molecule has 0 spiro atoms. The van der Waals surface area contributed by atoms with Crippen molar-refractivity contribution in [3.05, 3.63) is 29.3 Å². The SMILES string of the molecule is CC1(C(=O)O)CCN(C(=O)C2CCN(c3cccc(Cl)c3)C2=O)C1. The molecule has 2 amide bonds. The number of nitrogens with zero attached hydrogens (tertiary/aromatic N) is 2. The van der Waals surface area contributed by atoms with Crippen molar-refractivity contribution in [2.75, 3.05) is 24.5 Å². The third-order valence-electron chi connectivity index (χ3n) is 4.92. The lowest BCUT2D eigenvalue weighted by atomic mass is 9.90. The molecule has 3 rings (SSSR count). The van der Waals surface area contributed by atoms with Gasteiger partial charge in [0.1, 0.15) is 5.92 Å². The number of carbonyl (C=O) groups excluding carboxylic acids is 2. The van der Waals surface area contributed by atoms with Gasteiger partial charge in [0.2, 0.25) is 11.8 Å². The molecule has 2 atom stereocenters. The number of likely N-dealkylation sites (tertiary alicyclic amines) is 1. The zero-order valence-corrected chi connectivity index (χ0v) is 14.1. The summed E-state index contributed by atoms with van der Waals surface area (Å²) in [5, 5.41) is 9.81. The van der Waals surface area contributed by atoms with Crippen molar-refractivity contribution in [2.45, 2.75) is 19.8 Å². The Labute approximate surface area is 145 Å². The molecule has 2 heterocycles. The van der Waals surface area contributed by atoms with E-state index in [1.165, 1.54) is 4.90 Å². The molecule has 2 fully saturated rings. The molecule has 0 bridgehead atoms. The Bertz CT molecular complexity index is 708. The lowest BCUT2D eigenvalue weighted by molar-refractivity contribution is -0.147. The first kappa shape index (κ1) is 16.8. The predicted octanol–water partition coefficient (Wildman–Crippen LogP) is 2.02. The van der Waals surface area contributed by atoms with Crippen molar-refractivity contribution in [1.29, 1.82) is 0 Å². The van der Waals surface area contributed by atoms with E-state index in [9.17, 15) is 19.5 Å². The third kappa shape index (κ3) is 2.86. The van der Waals surface area contributed by atoms with Crippen LogP contribution in [0.15, 0.2) is 24.3 Å². The Morgan fingerprint density at radius 2 is 2.08 bits per heavy atom. The van der Waals surface area contributed by atoms with E-state index < -0.39 is 17.3 Å². The zero-order valence-electron chi connectivity index (χ0n) is 13.4. The molecular weight excluding hydrogens is 332 g/mol. The highest BCUT2D eigenvalue weighted by molar-refractivity contribution is 6.31. The summed E-state index contributed by atoms with van der Waals surface area (Å²) in [5.41, 5.74) is -0.246. The number of benzene rings is 1. The number of halogens is 1. The highest BCUT2D eigenvalue weighted by atomic mass is 35.5. The molecule has 2 aliphatic rings. The normalized spacial score (nSPS) is 26.9. The molecule has 2 unspecified atom stereocenters. The van der Waals surface area contributed by atoms with Gasteiger partial charge in [-0.1, -0.05) is 17.7 Å². The zero-order chi connectivity index (χ0) is 17.5. The number of anilines is 1. The van der Waals surface area contributed by atoms with Crippen LogP contribution in [0.25, 0.3) is 0 Å². The molecule has 0 saturated carbocycles. The third-order valence-corrected chi connectivity index (χ3v) is 5.16. The summed E-state index contributed by atoms with van der Waals surface area (Å²) in [6.07, 6.45) is 0.845. The number of aliphatic carboxylic acids is 1. The van der Waals surface area contributed by atoms with Gasteiger partial charge in [0.25, 0.3) is 0 Å². The highest BCUT2D eigenvalue weighted by Gasteiger charge is 2.46. The van der Waals surface area contributed by atoms with Gasteiger partial charge >= 0.3 is 5.97 Å². The second-order valence-corrected chi connectivity index (χ2v) is 7.12. The molecule has 7 heteroatoms. The van der Waals surface area contributed by atoms with E-state index >= 15 is 0 Å². The first-order valence-electron chi connectivity index (χ1n) is 7.91. The van der Waals surface area contributed by atoms with Crippen molar-refractivity contribution >= 4 is 35.1 Å². The summed E-state index contributed by atoms with van der Waals surface area (Å²) in [7, 11) is 0. The van der Waals surface area contributed by atoms with Crippen molar-refractivity contribution in [3.8, 4) is 0 Å². The van der Waals surface area contributed by atoms with Crippen molar-refractivity contribution in [3.63, 3.8) is 0 Å². The van der Waals surface area contributed by atoms with Gasteiger partial charge in [-0.2, -0.15) is 0 Å². The summed E-state index contributed by atoms with van der Waals surface area (Å²) in [5.74, 6) is -2.16. The lowest BCUT2D eigenvalue weighted by Gasteiger charge is -2.23. The molecule has 1 N–H and O–H groups in total. The summed E-state index contributed by atoms with van der Waals surface area (Å²) in [4.78, 5) is 39.7. The van der Waals surface area contributed by atoms with Crippen molar-refractivity contribution in [2.24, 2.45) is 11.3 Å². The van der Waals surface area contributed by atoms with Crippen molar-refractivity contribution < 1.29 is 19.5 Å². The van der Waals surface area contributed by atoms with E-state index in [1.807, 2.05) is 0 Å². The van der Waals surface area contributed by atoms with Gasteiger partial charge < -0.3 is 14.9 Å². The predicted molar refractivity (Wildman–Crippen MR) is 88.9 cm³/mol. The highest BCUT2D eigenvalue weighted by Crippen LogP contribution is 2.33. The number of hydrogen-bond acceptors (Lipinski definition) is 3. The molecule has 0 aliphatic carbocycles. The average Bonchev–Trinajstić information content (AvgIpc) is 3.11. The Balaban J connectivity index is 1.72. The molecule has 1 aromatic rings. The van der Waals surface area contributed by atoms with Gasteiger partial charge in [-0.25, -0.2) is 0 Å². The number of carboxylic acids is 1. The first-order chi connectivity index (χ1) is 11.3. The topological polar surface area (TPSA) is 77.9 Å². The van der Waals surface area contributed by atoms with Crippen LogP contribution in [0.2, 0.25) is 5.02 Å². The average molecular weight is 351 g/mol. The smallest absolute Gasteiger partial charge is 0.311 e. The van der Waals surface area contributed by atoms with E-state index in [0.29, 0.717) is 36.6 Å². The molecule has 6 nitrogen and oxygen atoms in total. The quantitative estimate of drug-likeness (QED) is 0.846. The van der Waals surface area contributed by atoms with Gasteiger partial charge in [-0.15, -0.1) is 0 Å². The van der Waals surface area contributed by atoms with Crippen LogP contribution in [0.3, 0.4) is 0 Å². The Morgan fingerprint density at radius 1 is 1.33 bits per heavy atom. The fourth-order valence-electron chi connectivity index (χ4n) is 3.35. The number of hydrogen-bond donors (Lipinski definition) is 1.